The maximum atomic E-state index is 10.8. The van der Waals surface area contributed by atoms with E-state index in [1.165, 1.54) is 0 Å². The van der Waals surface area contributed by atoms with Crippen molar-refractivity contribution < 1.29 is 9.53 Å². The van der Waals surface area contributed by atoms with Crippen LogP contribution in [0.5, 0.6) is 5.75 Å². The van der Waals surface area contributed by atoms with Crippen LogP contribution in [0.25, 0.3) is 17.0 Å². The molecule has 2 aromatic heterocycles. The fourth-order valence-electron chi connectivity index (χ4n) is 3.25. The Kier molecular flexibility index (Phi) is 9.88. The summed E-state index contributed by atoms with van der Waals surface area (Å²) in [6.45, 7) is 5.89. The van der Waals surface area contributed by atoms with E-state index in [2.05, 4.69) is 37.6 Å². The predicted molar refractivity (Wildman–Crippen MR) is 151 cm³/mol. The Morgan fingerprint density at radius 1 is 1.26 bits per heavy atom. The molecule has 0 fully saturated rings. The van der Waals surface area contributed by atoms with Crippen molar-refractivity contribution >= 4 is 80.6 Å². The molecule has 1 aromatic carbocycles. The molecule has 0 bridgehead atoms. The number of hydrogen-bond acceptors (Lipinski definition) is 6. The number of allylic oxidation sites excluding steroid dienone is 1. The molecule has 0 spiro atoms. The summed E-state index contributed by atoms with van der Waals surface area (Å²) in [5.41, 5.74) is 5.79. The third kappa shape index (κ3) is 6.16. The molecule has 0 aliphatic carbocycles. The van der Waals surface area contributed by atoms with Crippen LogP contribution in [0, 0.1) is 0 Å². The summed E-state index contributed by atoms with van der Waals surface area (Å²) in [5, 5.41) is 10.6. The van der Waals surface area contributed by atoms with Crippen LogP contribution in [0.1, 0.15) is 38.1 Å². The first-order chi connectivity index (χ1) is 16.5. The fraction of sp³-hybridized carbons (Fsp3) is 0.217. The fourth-order valence-corrected chi connectivity index (χ4v) is 5.46. The van der Waals surface area contributed by atoms with E-state index in [0.717, 1.165) is 16.6 Å². The quantitative estimate of drug-likeness (QED) is 0.177. The zero-order chi connectivity index (χ0) is 24.7. The topological polar surface area (TPSA) is 81.4 Å². The second-order valence-electron chi connectivity index (χ2n) is 6.87. The summed E-state index contributed by atoms with van der Waals surface area (Å²) in [6.07, 6.45) is 11.3. The van der Waals surface area contributed by atoms with Crippen molar-refractivity contribution in [3.8, 4) is 5.75 Å². The van der Waals surface area contributed by atoms with E-state index >= 15 is 0 Å². The van der Waals surface area contributed by atoms with Crippen LogP contribution in [0.2, 0.25) is 10.0 Å². The SMILES string of the molecule is CC.CC(Oc1ccc2c(c1)c(/C=C/C1C=CC(C=O)=NN1)nn2PI)c1c(Cl)cncc1Cl. The van der Waals surface area contributed by atoms with Gasteiger partial charge in [0.25, 0.3) is 0 Å². The third-order valence-corrected chi connectivity index (χ3v) is 7.24. The molecule has 3 atom stereocenters. The van der Waals surface area contributed by atoms with Gasteiger partial charge in [-0.2, -0.15) is 10.2 Å². The predicted octanol–water partition coefficient (Wildman–Crippen LogP) is 6.79. The van der Waals surface area contributed by atoms with Gasteiger partial charge in [-0.05, 0) is 59.3 Å². The molecule has 1 N–H and O–H groups in total. The Bertz CT molecular complexity index is 1240. The first-order valence-corrected chi connectivity index (χ1v) is 15.3. The van der Waals surface area contributed by atoms with E-state index in [0.29, 0.717) is 39.7 Å². The molecular formula is C23H23Cl2IN5O2P. The van der Waals surface area contributed by atoms with Gasteiger partial charge in [-0.25, -0.2) is 4.45 Å². The van der Waals surface area contributed by atoms with Crippen LogP contribution in [0.4, 0.5) is 0 Å². The molecule has 1 aliphatic heterocycles. The second kappa shape index (κ2) is 12.6. The molecule has 3 aromatic rings. The van der Waals surface area contributed by atoms with Gasteiger partial charge in [0.1, 0.15) is 17.6 Å². The molecule has 0 saturated carbocycles. The molecule has 178 valence electrons. The lowest BCUT2D eigenvalue weighted by molar-refractivity contribution is -0.102. The van der Waals surface area contributed by atoms with Crippen molar-refractivity contribution in [2.75, 3.05) is 0 Å². The minimum absolute atomic E-state index is 0.128. The number of pyridine rings is 1. The number of hydrazone groups is 1. The number of nitrogens with one attached hydrogen (secondary N) is 1. The van der Waals surface area contributed by atoms with Crippen LogP contribution in [0.3, 0.4) is 0 Å². The van der Waals surface area contributed by atoms with Crippen LogP contribution in [0.15, 0.2) is 53.9 Å². The van der Waals surface area contributed by atoms with Crippen molar-refractivity contribution in [1.29, 1.82) is 0 Å². The number of benzene rings is 1. The van der Waals surface area contributed by atoms with Crippen molar-refractivity contribution in [1.82, 2.24) is 20.0 Å². The smallest absolute Gasteiger partial charge is 0.170 e. The van der Waals surface area contributed by atoms with E-state index < -0.39 is 0 Å². The second-order valence-corrected chi connectivity index (χ2v) is 9.72. The van der Waals surface area contributed by atoms with Gasteiger partial charge in [0.05, 0.1) is 33.7 Å². The zero-order valence-electron chi connectivity index (χ0n) is 18.7. The Morgan fingerprint density at radius 2 is 2.00 bits per heavy atom. The molecule has 1 aliphatic rings. The molecule has 0 saturated heterocycles. The zero-order valence-corrected chi connectivity index (χ0v) is 23.3. The van der Waals surface area contributed by atoms with Crippen molar-refractivity contribution in [2.24, 2.45) is 5.10 Å². The lowest BCUT2D eigenvalue weighted by Gasteiger charge is -2.17. The number of fused-ring (bicyclic) bond motifs is 1. The number of aldehydes is 1. The van der Waals surface area contributed by atoms with Crippen LogP contribution in [-0.4, -0.2) is 32.6 Å². The summed E-state index contributed by atoms with van der Waals surface area (Å²) >= 11 is 14.9. The number of carbonyl (C=O) groups is 1. The Balaban J connectivity index is 0.00000158. The molecule has 4 rings (SSSR count). The highest BCUT2D eigenvalue weighted by Crippen LogP contribution is 2.36. The number of carbonyl (C=O) groups excluding carboxylic acids is 1. The highest BCUT2D eigenvalue weighted by atomic mass is 127. The number of ether oxygens (including phenoxy) is 1. The monoisotopic (exact) mass is 629 g/mol. The van der Waals surface area contributed by atoms with E-state index in [1.807, 2.05) is 61.7 Å². The number of rotatable bonds is 7. The minimum Gasteiger partial charge on any atom is -0.486 e. The largest absolute Gasteiger partial charge is 0.486 e. The number of nitrogens with zero attached hydrogens (tertiary/aromatic N) is 4. The van der Waals surface area contributed by atoms with E-state index in [9.17, 15) is 4.79 Å². The summed E-state index contributed by atoms with van der Waals surface area (Å²) in [4.78, 5) is 14.8. The van der Waals surface area contributed by atoms with E-state index in [1.54, 1.807) is 18.5 Å². The average molecular weight is 630 g/mol. The number of hydrogen-bond donors (Lipinski definition) is 1. The molecule has 11 heteroatoms. The standard InChI is InChI=1S/C21H17Cl2IN5O2P.C2H6/c1-12(21-17(22)9-25-10-18(21)23)31-15-5-7-20-16(8-15)19(28-29(20)32-24)6-4-13-2-3-14(11-30)27-26-13;1-2/h2-13,26,32H,1H3;1-2H3/b6-4+;. The van der Waals surface area contributed by atoms with Crippen LogP contribution >= 0.6 is 51.6 Å². The van der Waals surface area contributed by atoms with Gasteiger partial charge in [-0.15, -0.1) is 0 Å². The summed E-state index contributed by atoms with van der Waals surface area (Å²) in [5.74, 6) is 0.677. The van der Waals surface area contributed by atoms with Crippen molar-refractivity contribution in [3.05, 3.63) is 70.1 Å². The van der Waals surface area contributed by atoms with Gasteiger partial charge >= 0.3 is 0 Å². The number of aromatic nitrogens is 3. The molecule has 3 heterocycles. The van der Waals surface area contributed by atoms with Gasteiger partial charge in [0.15, 0.2) is 6.29 Å². The molecule has 34 heavy (non-hydrogen) atoms. The molecule has 7 nitrogen and oxygen atoms in total. The highest BCUT2D eigenvalue weighted by molar-refractivity contribution is 14.2. The summed E-state index contributed by atoms with van der Waals surface area (Å²) in [6, 6.07) is 5.73. The van der Waals surface area contributed by atoms with Gasteiger partial charge in [0, 0.05) is 23.3 Å². The first kappa shape index (κ1) is 26.6. The molecule has 0 radical (unpaired) electrons. The van der Waals surface area contributed by atoms with Gasteiger partial charge in [-0.3, -0.25) is 15.2 Å². The average Bonchev–Trinajstić information content (AvgIpc) is 3.21. The number of halogens is 3. The van der Waals surface area contributed by atoms with E-state index in [-0.39, 0.29) is 12.1 Å². The highest BCUT2D eigenvalue weighted by Gasteiger charge is 2.17. The van der Waals surface area contributed by atoms with Crippen molar-refractivity contribution in [3.63, 3.8) is 0 Å². The van der Waals surface area contributed by atoms with Gasteiger partial charge in [0.2, 0.25) is 0 Å². The maximum Gasteiger partial charge on any atom is 0.170 e. The maximum absolute atomic E-state index is 10.8. The Labute approximate surface area is 223 Å². The normalized spacial score (nSPS) is 16.3. The van der Waals surface area contributed by atoms with Crippen LogP contribution in [-0.2, 0) is 4.79 Å². The van der Waals surface area contributed by atoms with Gasteiger partial charge < -0.3 is 4.74 Å². The van der Waals surface area contributed by atoms with Crippen LogP contribution < -0.4 is 10.2 Å². The molecular weight excluding hydrogens is 607 g/mol. The molecule has 0 amide bonds. The van der Waals surface area contributed by atoms with Crippen molar-refractivity contribution in [2.45, 2.75) is 32.9 Å². The summed E-state index contributed by atoms with van der Waals surface area (Å²) < 4.78 is 8.11. The van der Waals surface area contributed by atoms with Gasteiger partial charge in [-0.1, -0.05) is 49.2 Å². The third-order valence-electron chi connectivity index (χ3n) is 4.77. The first-order valence-electron chi connectivity index (χ1n) is 10.5. The summed E-state index contributed by atoms with van der Waals surface area (Å²) in [7, 11) is 0. The minimum atomic E-state index is -0.364. The Hall–Kier alpha value is -2.00. The Morgan fingerprint density at radius 3 is 2.62 bits per heavy atom. The molecule has 3 unspecified atom stereocenters. The lowest BCUT2D eigenvalue weighted by atomic mass is 10.1. The van der Waals surface area contributed by atoms with E-state index in [4.69, 9.17) is 33.0 Å². The lowest BCUT2D eigenvalue weighted by Crippen LogP contribution is -2.25.